The predicted molar refractivity (Wildman–Crippen MR) is 70.1 cm³/mol. The van der Waals surface area contributed by atoms with Crippen LogP contribution in [0.4, 0.5) is 0 Å². The largest absolute Gasteiger partial charge is 0.395 e. The molecular formula is C14H23NO2. The van der Waals surface area contributed by atoms with Crippen LogP contribution in [-0.4, -0.2) is 41.4 Å². The van der Waals surface area contributed by atoms with Crippen LogP contribution in [0.5, 0.6) is 0 Å². The highest BCUT2D eigenvalue weighted by Crippen LogP contribution is 2.17. The molecule has 0 heterocycles. The molecule has 1 rings (SSSR count). The molecule has 3 nitrogen and oxygen atoms in total. The van der Waals surface area contributed by atoms with Crippen LogP contribution in [0.1, 0.15) is 29.7 Å². The van der Waals surface area contributed by atoms with Gasteiger partial charge in [-0.2, -0.15) is 0 Å². The number of aliphatic hydroxyl groups is 2. The number of rotatable bonds is 6. The summed E-state index contributed by atoms with van der Waals surface area (Å²) in [4.78, 5) is 2.04. The van der Waals surface area contributed by atoms with Crippen molar-refractivity contribution in [3.05, 3.63) is 34.9 Å². The van der Waals surface area contributed by atoms with Crippen molar-refractivity contribution in [3.8, 4) is 0 Å². The summed E-state index contributed by atoms with van der Waals surface area (Å²) in [6, 6.07) is 6.04. The lowest BCUT2D eigenvalue weighted by molar-refractivity contribution is 0.103. The first-order valence-corrected chi connectivity index (χ1v) is 6.17. The molecule has 0 saturated carbocycles. The quantitative estimate of drug-likeness (QED) is 0.790. The number of hydrogen-bond donors (Lipinski definition) is 2. The number of nitrogens with zero attached hydrogens (tertiary/aromatic N) is 1. The van der Waals surface area contributed by atoms with Crippen molar-refractivity contribution in [1.29, 1.82) is 0 Å². The smallest absolute Gasteiger partial charge is 0.0917 e. The van der Waals surface area contributed by atoms with Crippen LogP contribution in [0.15, 0.2) is 18.2 Å². The fraction of sp³-hybridized carbons (Fsp3) is 0.571. The number of likely N-dealkylation sites (N-methyl/N-ethyl adjacent to an activating group) is 1. The monoisotopic (exact) mass is 237 g/mol. The zero-order chi connectivity index (χ0) is 12.8. The van der Waals surface area contributed by atoms with E-state index in [-0.39, 0.29) is 6.61 Å². The Morgan fingerprint density at radius 3 is 2.47 bits per heavy atom. The van der Waals surface area contributed by atoms with Crippen molar-refractivity contribution in [2.24, 2.45) is 0 Å². The minimum atomic E-state index is -0.485. The van der Waals surface area contributed by atoms with Crippen LogP contribution in [0, 0.1) is 13.8 Å². The van der Waals surface area contributed by atoms with Crippen LogP contribution in [0.3, 0.4) is 0 Å². The van der Waals surface area contributed by atoms with E-state index in [1.807, 2.05) is 30.0 Å². The van der Waals surface area contributed by atoms with Gasteiger partial charge in [-0.1, -0.05) is 25.1 Å². The van der Waals surface area contributed by atoms with Crippen LogP contribution in [0.25, 0.3) is 0 Å². The Morgan fingerprint density at radius 1 is 1.24 bits per heavy atom. The first-order chi connectivity index (χ1) is 8.08. The molecule has 0 aliphatic heterocycles. The number of benzene rings is 1. The fourth-order valence-corrected chi connectivity index (χ4v) is 1.84. The molecule has 0 aliphatic rings. The fourth-order valence-electron chi connectivity index (χ4n) is 1.84. The molecule has 96 valence electrons. The third-order valence-electron chi connectivity index (χ3n) is 3.21. The summed E-state index contributed by atoms with van der Waals surface area (Å²) >= 11 is 0. The predicted octanol–water partition coefficient (Wildman–Crippen LogP) is 1.65. The number of hydrogen-bond acceptors (Lipinski definition) is 3. The molecule has 1 unspecified atom stereocenters. The van der Waals surface area contributed by atoms with Gasteiger partial charge in [0.05, 0.1) is 12.7 Å². The Hall–Kier alpha value is -0.900. The highest BCUT2D eigenvalue weighted by Gasteiger charge is 2.12. The van der Waals surface area contributed by atoms with Gasteiger partial charge >= 0.3 is 0 Å². The summed E-state index contributed by atoms with van der Waals surface area (Å²) in [7, 11) is 0. The third-order valence-corrected chi connectivity index (χ3v) is 3.21. The van der Waals surface area contributed by atoms with E-state index in [0.29, 0.717) is 13.1 Å². The van der Waals surface area contributed by atoms with E-state index < -0.39 is 6.10 Å². The van der Waals surface area contributed by atoms with E-state index in [1.54, 1.807) is 0 Å². The van der Waals surface area contributed by atoms with Gasteiger partial charge in [-0.15, -0.1) is 0 Å². The summed E-state index contributed by atoms with van der Waals surface area (Å²) in [6.45, 7) is 8.29. The molecule has 17 heavy (non-hydrogen) atoms. The van der Waals surface area contributed by atoms with Gasteiger partial charge in [-0.3, -0.25) is 4.90 Å². The average Bonchev–Trinajstić information content (AvgIpc) is 2.31. The molecule has 0 bridgehead atoms. The molecule has 0 aromatic heterocycles. The van der Waals surface area contributed by atoms with Crippen molar-refractivity contribution in [2.75, 3.05) is 26.2 Å². The SMILES string of the molecule is CCN(CCO)CC(O)c1ccc(C)c(C)c1. The normalized spacial score (nSPS) is 13.1. The van der Waals surface area contributed by atoms with Crippen LogP contribution >= 0.6 is 0 Å². The van der Waals surface area contributed by atoms with Gasteiger partial charge in [0.1, 0.15) is 0 Å². The second-order valence-electron chi connectivity index (χ2n) is 4.48. The summed E-state index contributed by atoms with van der Waals surface area (Å²) in [5.41, 5.74) is 3.39. The van der Waals surface area contributed by atoms with E-state index in [4.69, 9.17) is 5.11 Å². The lowest BCUT2D eigenvalue weighted by Crippen LogP contribution is -2.31. The van der Waals surface area contributed by atoms with Gasteiger partial charge in [-0.25, -0.2) is 0 Å². The highest BCUT2D eigenvalue weighted by atomic mass is 16.3. The molecule has 0 saturated heterocycles. The van der Waals surface area contributed by atoms with Gasteiger partial charge in [0.15, 0.2) is 0 Å². The summed E-state index contributed by atoms with van der Waals surface area (Å²) in [6.07, 6.45) is -0.485. The first-order valence-electron chi connectivity index (χ1n) is 6.17. The van der Waals surface area contributed by atoms with Crippen molar-refractivity contribution in [1.82, 2.24) is 4.90 Å². The molecule has 2 N–H and O–H groups in total. The molecular weight excluding hydrogens is 214 g/mol. The molecule has 1 aromatic rings. The minimum absolute atomic E-state index is 0.132. The molecule has 0 fully saturated rings. The first kappa shape index (κ1) is 14.2. The Morgan fingerprint density at radius 2 is 1.94 bits per heavy atom. The van der Waals surface area contributed by atoms with Gasteiger partial charge in [0, 0.05) is 13.1 Å². The lowest BCUT2D eigenvalue weighted by atomic mass is 10.0. The topological polar surface area (TPSA) is 43.7 Å². The Bertz CT molecular complexity index is 352. The zero-order valence-corrected chi connectivity index (χ0v) is 11.0. The third kappa shape index (κ3) is 4.11. The molecule has 0 spiro atoms. The Balaban J connectivity index is 2.68. The molecule has 0 aliphatic carbocycles. The standard InChI is InChI=1S/C14H23NO2/c1-4-15(7-8-16)10-14(17)13-6-5-11(2)12(3)9-13/h5-6,9,14,16-17H,4,7-8,10H2,1-3H3. The molecule has 0 amide bonds. The Labute approximate surface area is 104 Å². The van der Waals surface area contributed by atoms with E-state index in [9.17, 15) is 5.11 Å². The van der Waals surface area contributed by atoms with E-state index in [0.717, 1.165) is 12.1 Å². The summed E-state index contributed by atoms with van der Waals surface area (Å²) in [5.74, 6) is 0. The van der Waals surface area contributed by atoms with Crippen LogP contribution in [0.2, 0.25) is 0 Å². The van der Waals surface area contributed by atoms with E-state index in [1.165, 1.54) is 11.1 Å². The van der Waals surface area contributed by atoms with Crippen molar-refractivity contribution in [3.63, 3.8) is 0 Å². The number of aryl methyl sites for hydroxylation is 2. The maximum Gasteiger partial charge on any atom is 0.0917 e. The van der Waals surface area contributed by atoms with Crippen molar-refractivity contribution >= 4 is 0 Å². The molecule has 0 radical (unpaired) electrons. The van der Waals surface area contributed by atoms with Crippen LogP contribution < -0.4 is 0 Å². The van der Waals surface area contributed by atoms with Gasteiger partial charge in [0.2, 0.25) is 0 Å². The van der Waals surface area contributed by atoms with E-state index in [2.05, 4.69) is 13.8 Å². The summed E-state index contributed by atoms with van der Waals surface area (Å²) < 4.78 is 0. The van der Waals surface area contributed by atoms with E-state index >= 15 is 0 Å². The number of aliphatic hydroxyl groups excluding tert-OH is 2. The van der Waals surface area contributed by atoms with Crippen molar-refractivity contribution < 1.29 is 10.2 Å². The summed E-state index contributed by atoms with van der Waals surface area (Å²) in [5, 5.41) is 19.0. The maximum atomic E-state index is 10.1. The lowest BCUT2D eigenvalue weighted by Gasteiger charge is -2.23. The molecule has 3 heteroatoms. The van der Waals surface area contributed by atoms with Crippen LogP contribution in [-0.2, 0) is 0 Å². The second-order valence-corrected chi connectivity index (χ2v) is 4.48. The second kappa shape index (κ2) is 6.74. The molecule has 1 aromatic carbocycles. The van der Waals surface area contributed by atoms with Crippen molar-refractivity contribution in [2.45, 2.75) is 26.9 Å². The zero-order valence-electron chi connectivity index (χ0n) is 11.0. The molecule has 1 atom stereocenters. The van der Waals surface area contributed by atoms with Gasteiger partial charge in [-0.05, 0) is 37.1 Å². The van der Waals surface area contributed by atoms with Gasteiger partial charge < -0.3 is 10.2 Å². The average molecular weight is 237 g/mol. The Kier molecular flexibility index (Phi) is 5.62. The minimum Gasteiger partial charge on any atom is -0.395 e. The maximum absolute atomic E-state index is 10.1. The van der Waals surface area contributed by atoms with Gasteiger partial charge in [0.25, 0.3) is 0 Å². The highest BCUT2D eigenvalue weighted by molar-refractivity contribution is 5.31.